The second-order valence-electron chi connectivity index (χ2n) is 32.0. The third-order valence-corrected chi connectivity index (χ3v) is 23.0. The molecule has 642 valence electrons. The third-order valence-electron chi connectivity index (χ3n) is 21.1. The number of phosphoric acid groups is 2. The molecule has 0 heterocycles. The first-order chi connectivity index (χ1) is 52.7. The number of aliphatic hydroxyl groups is 1. The van der Waals surface area contributed by atoms with Crippen molar-refractivity contribution in [2.24, 2.45) is 0 Å². The molecular weight excluding hydrogens is 1400 g/mol. The van der Waals surface area contributed by atoms with Crippen molar-refractivity contribution < 1.29 is 80.2 Å². The molecule has 0 aromatic heterocycles. The first-order valence-electron chi connectivity index (χ1n) is 46.3. The van der Waals surface area contributed by atoms with Gasteiger partial charge in [0.15, 0.2) is 12.2 Å². The highest BCUT2D eigenvalue weighted by atomic mass is 31.2. The van der Waals surface area contributed by atoms with E-state index in [-0.39, 0.29) is 25.7 Å². The van der Waals surface area contributed by atoms with Gasteiger partial charge in [0.05, 0.1) is 26.4 Å². The zero-order valence-corrected chi connectivity index (χ0v) is 72.6. The monoisotopic (exact) mass is 1580 g/mol. The van der Waals surface area contributed by atoms with Crippen LogP contribution < -0.4 is 0 Å². The molecule has 0 aromatic rings. The van der Waals surface area contributed by atoms with Gasteiger partial charge in [-0.3, -0.25) is 37.3 Å². The summed E-state index contributed by atoms with van der Waals surface area (Å²) < 4.78 is 69.1. The van der Waals surface area contributed by atoms with Crippen molar-refractivity contribution in [3.8, 4) is 0 Å². The van der Waals surface area contributed by atoms with Gasteiger partial charge in [-0.1, -0.05) is 439 Å². The van der Waals surface area contributed by atoms with Gasteiger partial charge in [-0.25, -0.2) is 9.13 Å². The first kappa shape index (κ1) is 106. The topological polar surface area (TPSA) is 237 Å². The van der Waals surface area contributed by atoms with Crippen LogP contribution in [0.25, 0.3) is 0 Å². The van der Waals surface area contributed by atoms with Crippen LogP contribution in [0.1, 0.15) is 490 Å². The fraction of sp³-hybridized carbons (Fsp3) is 0.955. The molecule has 0 spiro atoms. The molecule has 0 aliphatic rings. The Balaban J connectivity index is 5.28. The van der Waals surface area contributed by atoms with Gasteiger partial charge in [0.25, 0.3) is 0 Å². The van der Waals surface area contributed by atoms with E-state index in [1.54, 1.807) is 0 Å². The van der Waals surface area contributed by atoms with Crippen LogP contribution in [-0.2, 0) is 65.4 Å². The molecule has 17 nitrogen and oxygen atoms in total. The van der Waals surface area contributed by atoms with Crippen molar-refractivity contribution in [1.29, 1.82) is 0 Å². The Labute approximate surface area is 664 Å². The average Bonchev–Trinajstić information content (AvgIpc) is 0.880. The van der Waals surface area contributed by atoms with E-state index in [4.69, 9.17) is 37.0 Å². The maximum absolute atomic E-state index is 13.2. The molecule has 0 rings (SSSR count). The quantitative estimate of drug-likeness (QED) is 0.0222. The summed E-state index contributed by atoms with van der Waals surface area (Å²) in [6.45, 7) is 5.10. The predicted molar refractivity (Wildman–Crippen MR) is 446 cm³/mol. The minimum Gasteiger partial charge on any atom is -0.462 e. The lowest BCUT2D eigenvalue weighted by atomic mass is 10.0. The van der Waals surface area contributed by atoms with E-state index in [1.807, 2.05) is 0 Å². The molecule has 108 heavy (non-hydrogen) atoms. The summed E-state index contributed by atoms with van der Waals surface area (Å²) in [7, 11) is -9.93. The van der Waals surface area contributed by atoms with E-state index in [0.717, 1.165) is 89.9 Å². The molecule has 4 atom stereocenters. The summed E-state index contributed by atoms with van der Waals surface area (Å²) in [5, 5.41) is 10.7. The second kappa shape index (κ2) is 83.0. The molecule has 0 bridgehead atoms. The highest BCUT2D eigenvalue weighted by molar-refractivity contribution is 7.47. The van der Waals surface area contributed by atoms with Gasteiger partial charge in [0, 0.05) is 25.7 Å². The minimum atomic E-state index is -4.97. The number of ether oxygens (including phenoxy) is 4. The number of esters is 4. The van der Waals surface area contributed by atoms with Crippen LogP contribution in [-0.4, -0.2) is 96.7 Å². The van der Waals surface area contributed by atoms with Crippen molar-refractivity contribution in [3.63, 3.8) is 0 Å². The highest BCUT2D eigenvalue weighted by Gasteiger charge is 2.30. The number of hydrogen-bond acceptors (Lipinski definition) is 15. The lowest BCUT2D eigenvalue weighted by molar-refractivity contribution is -0.161. The number of hydrogen-bond donors (Lipinski definition) is 3. The third kappa shape index (κ3) is 82.1. The number of rotatable bonds is 90. The normalized spacial score (nSPS) is 13.7. The number of carbonyl (C=O) groups is 4. The van der Waals surface area contributed by atoms with Gasteiger partial charge in [-0.05, 0) is 25.7 Å². The SMILES string of the molecule is CCCCCCCCCCCCCCCCCCCC(=O)OC[C@H](COP(=O)(O)OCC(O)COP(=O)(O)OC[C@@H](COC(=O)CCCCCCCCCCCCCCCCCCC)OC(=O)CCCCCCCCCCCCCCCCCCC)OC(=O)CCCCCCCCCCCCCCCCCCC. The smallest absolute Gasteiger partial charge is 0.462 e. The molecule has 0 saturated carbocycles. The van der Waals surface area contributed by atoms with E-state index < -0.39 is 97.5 Å². The Hall–Kier alpha value is -1.94. The Morgan fingerprint density at radius 3 is 0.546 bits per heavy atom. The van der Waals surface area contributed by atoms with Crippen molar-refractivity contribution in [2.75, 3.05) is 39.6 Å². The van der Waals surface area contributed by atoms with Gasteiger partial charge in [-0.2, -0.15) is 0 Å². The van der Waals surface area contributed by atoms with Crippen LogP contribution in [0.2, 0.25) is 0 Å². The molecule has 0 aliphatic carbocycles. The van der Waals surface area contributed by atoms with E-state index in [1.165, 1.54) is 321 Å². The molecule has 0 radical (unpaired) electrons. The van der Waals surface area contributed by atoms with Crippen LogP contribution in [0.3, 0.4) is 0 Å². The summed E-state index contributed by atoms with van der Waals surface area (Å²) in [5.41, 5.74) is 0. The van der Waals surface area contributed by atoms with Gasteiger partial charge < -0.3 is 33.8 Å². The number of carbonyl (C=O) groups excluding carboxylic acids is 4. The van der Waals surface area contributed by atoms with Crippen molar-refractivity contribution in [2.45, 2.75) is 508 Å². The van der Waals surface area contributed by atoms with E-state index >= 15 is 0 Å². The average molecular weight is 1580 g/mol. The Morgan fingerprint density at radius 2 is 0.370 bits per heavy atom. The zero-order chi connectivity index (χ0) is 78.9. The predicted octanol–water partition coefficient (Wildman–Crippen LogP) is 27.7. The maximum atomic E-state index is 13.2. The van der Waals surface area contributed by atoms with Crippen LogP contribution in [0.15, 0.2) is 0 Å². The lowest BCUT2D eigenvalue weighted by Crippen LogP contribution is -2.30. The first-order valence-corrected chi connectivity index (χ1v) is 49.3. The Morgan fingerprint density at radius 1 is 0.222 bits per heavy atom. The van der Waals surface area contributed by atoms with Gasteiger partial charge in [-0.15, -0.1) is 0 Å². The van der Waals surface area contributed by atoms with E-state index in [2.05, 4.69) is 27.7 Å². The number of phosphoric ester groups is 2. The van der Waals surface area contributed by atoms with Crippen LogP contribution in [0.5, 0.6) is 0 Å². The molecular formula is C89H174O17P2. The molecule has 3 N–H and O–H groups in total. The molecule has 0 aromatic carbocycles. The Kier molecular flexibility index (Phi) is 81.5. The second-order valence-corrected chi connectivity index (χ2v) is 34.9. The molecule has 0 fully saturated rings. The fourth-order valence-corrected chi connectivity index (χ4v) is 15.6. The molecule has 19 heteroatoms. The molecule has 0 aliphatic heterocycles. The van der Waals surface area contributed by atoms with Gasteiger partial charge in [0.1, 0.15) is 19.3 Å². The lowest BCUT2D eigenvalue weighted by Gasteiger charge is -2.21. The Bertz CT molecular complexity index is 1890. The van der Waals surface area contributed by atoms with Crippen LogP contribution in [0.4, 0.5) is 0 Å². The molecule has 0 amide bonds. The van der Waals surface area contributed by atoms with Crippen molar-refractivity contribution in [1.82, 2.24) is 0 Å². The zero-order valence-electron chi connectivity index (χ0n) is 70.8. The molecule has 0 saturated heterocycles. The summed E-state index contributed by atoms with van der Waals surface area (Å²) >= 11 is 0. The van der Waals surface area contributed by atoms with Gasteiger partial charge in [0.2, 0.25) is 0 Å². The number of aliphatic hydroxyl groups excluding tert-OH is 1. The largest absolute Gasteiger partial charge is 0.472 e. The minimum absolute atomic E-state index is 0.110. The highest BCUT2D eigenvalue weighted by Crippen LogP contribution is 2.45. The summed E-state index contributed by atoms with van der Waals surface area (Å²) in [5.74, 6) is -2.09. The van der Waals surface area contributed by atoms with Gasteiger partial charge >= 0.3 is 39.5 Å². The number of unbranched alkanes of at least 4 members (excludes halogenated alkanes) is 64. The summed E-state index contributed by atoms with van der Waals surface area (Å²) in [4.78, 5) is 73.4. The van der Waals surface area contributed by atoms with Crippen LogP contribution in [0, 0.1) is 0 Å². The fourth-order valence-electron chi connectivity index (χ4n) is 14.1. The van der Waals surface area contributed by atoms with Crippen molar-refractivity contribution >= 4 is 39.5 Å². The summed E-state index contributed by atoms with van der Waals surface area (Å²) in [6, 6.07) is 0. The standard InChI is InChI=1S/C89H174O17P2/c1-5-9-13-17-21-25-29-33-37-41-45-49-53-57-61-65-69-73-86(91)99-79-84(105-88(93)75-71-67-63-59-55-51-47-43-39-35-31-27-23-19-15-11-7-3)81-103-107(95,96)101-77-83(90)78-102-108(97,98)104-82-85(106-89(94)76-72-68-64-60-56-52-48-44-40-36-32-28-24-20-16-12-8-4)80-100-87(92)74-70-66-62-58-54-50-46-42-38-34-30-26-22-18-14-10-6-2/h83-85,90H,5-82H2,1-4H3,(H,95,96)(H,97,98)/t84-,85-/m1/s1. The van der Waals surface area contributed by atoms with E-state index in [0.29, 0.717) is 25.7 Å². The summed E-state index contributed by atoms with van der Waals surface area (Å²) in [6.07, 6.45) is 79.0. The van der Waals surface area contributed by atoms with Crippen molar-refractivity contribution in [3.05, 3.63) is 0 Å². The van der Waals surface area contributed by atoms with E-state index in [9.17, 15) is 43.2 Å². The maximum Gasteiger partial charge on any atom is 0.472 e. The molecule has 2 unspecified atom stereocenters. The van der Waals surface area contributed by atoms with Crippen LogP contribution >= 0.6 is 15.6 Å².